The Labute approximate surface area is 229 Å². The molecule has 2 rings (SSSR count). The van der Waals surface area contributed by atoms with E-state index in [-0.39, 0.29) is 34.5 Å². The Morgan fingerprint density at radius 2 is 1.85 bits per heavy atom. The molecule has 0 spiro atoms. The van der Waals surface area contributed by atoms with E-state index in [2.05, 4.69) is 42.8 Å². The third kappa shape index (κ3) is 8.96. The van der Waals surface area contributed by atoms with Crippen molar-refractivity contribution in [3.8, 4) is 0 Å². The third-order valence-corrected chi connectivity index (χ3v) is 5.49. The Balaban J connectivity index is 2.31. The maximum Gasteiger partial charge on any atom is 0.349 e. The highest BCUT2D eigenvalue weighted by molar-refractivity contribution is 9.10. The Morgan fingerprint density at radius 1 is 1.13 bits per heavy atom. The Morgan fingerprint density at radius 3 is 2.44 bits per heavy atom. The first-order valence-electron chi connectivity index (χ1n) is 11.1. The van der Waals surface area contributed by atoms with E-state index in [1.54, 1.807) is 17.0 Å². The summed E-state index contributed by atoms with van der Waals surface area (Å²) in [6.07, 6.45) is 0.876. The van der Waals surface area contributed by atoms with Crippen LogP contribution in [0, 0.1) is 20.2 Å². The molecule has 1 amide bonds. The molecule has 0 bridgehead atoms. The molecule has 2 aromatic rings. The van der Waals surface area contributed by atoms with Crippen LogP contribution in [0.2, 0.25) is 0 Å². The molecule has 39 heavy (non-hydrogen) atoms. The summed E-state index contributed by atoms with van der Waals surface area (Å²) >= 11 is 3.06. The van der Waals surface area contributed by atoms with Crippen LogP contribution in [-0.4, -0.2) is 47.4 Å². The number of hydrogen-bond acceptors (Lipinski definition) is 12. The number of ether oxygens (including phenoxy) is 2. The molecule has 0 heterocycles. The number of amides is 1. The van der Waals surface area contributed by atoms with E-state index >= 15 is 0 Å². The van der Waals surface area contributed by atoms with Gasteiger partial charge in [0.15, 0.2) is 12.3 Å². The number of nitro groups is 2. The number of carbonyl (C=O) groups excluding carboxylic acids is 3. The molecule has 15 nitrogen and oxygen atoms in total. The molecular weight excluding hydrogens is 584 g/mol. The fourth-order valence-electron chi connectivity index (χ4n) is 3.15. The molecular formula is C23H23BrN6O9. The Bertz CT molecular complexity index is 1330. The second kappa shape index (κ2) is 14.3. The lowest BCUT2D eigenvalue weighted by atomic mass is 10.2. The fourth-order valence-corrected chi connectivity index (χ4v) is 3.67. The molecule has 0 unspecified atom stereocenters. The first-order chi connectivity index (χ1) is 18.5. The normalized spacial score (nSPS) is 10.5. The molecule has 0 aliphatic rings. The van der Waals surface area contributed by atoms with Crippen LogP contribution in [0.15, 0.2) is 57.9 Å². The standard InChI is InChI=1S/C23H23BrN6O9/c1-4-28(9-8-21(32)39-13-22(33)38-5-2)15-6-7-18(19(11-15)25-14(3)31)26-27-23-17(24)10-16(29(34)35)12-20(23)30(36)37/h5-7,10-12H,2,4,8-9,13H2,1,3H3,(H,25,31)/b27-26+. The van der Waals surface area contributed by atoms with Crippen molar-refractivity contribution in [2.24, 2.45) is 10.2 Å². The molecule has 0 aromatic heterocycles. The van der Waals surface area contributed by atoms with Crippen molar-refractivity contribution in [2.75, 3.05) is 29.9 Å². The third-order valence-electron chi connectivity index (χ3n) is 4.88. The van der Waals surface area contributed by atoms with Gasteiger partial charge in [0.25, 0.3) is 5.69 Å². The quantitative estimate of drug-likeness (QED) is 0.105. The van der Waals surface area contributed by atoms with Crippen molar-refractivity contribution in [3.63, 3.8) is 0 Å². The van der Waals surface area contributed by atoms with Gasteiger partial charge in [-0.3, -0.25) is 29.8 Å². The van der Waals surface area contributed by atoms with E-state index < -0.39 is 45.7 Å². The fraction of sp³-hybridized carbons (Fsp3) is 0.261. The van der Waals surface area contributed by atoms with E-state index in [9.17, 15) is 34.6 Å². The summed E-state index contributed by atoms with van der Waals surface area (Å²) in [6, 6.07) is 6.54. The molecule has 0 radical (unpaired) electrons. The maximum atomic E-state index is 12.0. The van der Waals surface area contributed by atoms with Gasteiger partial charge in [0, 0.05) is 31.8 Å². The highest BCUT2D eigenvalue weighted by atomic mass is 79.9. The van der Waals surface area contributed by atoms with Gasteiger partial charge in [-0.05, 0) is 41.1 Å². The summed E-state index contributed by atoms with van der Waals surface area (Å²) in [5.41, 5.74) is -0.437. The number of anilines is 2. The maximum absolute atomic E-state index is 12.0. The second-order valence-corrected chi connectivity index (χ2v) is 8.39. The first kappa shape index (κ1) is 30.5. The lowest BCUT2D eigenvalue weighted by molar-refractivity contribution is -0.393. The van der Waals surface area contributed by atoms with Crippen molar-refractivity contribution in [1.82, 2.24) is 0 Å². The van der Waals surface area contributed by atoms with Crippen LogP contribution >= 0.6 is 15.9 Å². The average molecular weight is 607 g/mol. The SMILES string of the molecule is C=COC(=O)COC(=O)CCN(CC)c1ccc(/N=N/c2c(Br)cc([N+](=O)[O-])cc2[N+](=O)[O-])c(NC(C)=O)c1. The van der Waals surface area contributed by atoms with Crippen LogP contribution in [0.3, 0.4) is 0 Å². The number of non-ortho nitro benzene ring substituents is 1. The number of rotatable bonds is 13. The van der Waals surface area contributed by atoms with E-state index in [0.29, 0.717) is 12.2 Å². The minimum atomic E-state index is -0.823. The molecule has 0 atom stereocenters. The lowest BCUT2D eigenvalue weighted by Gasteiger charge is -2.23. The zero-order chi connectivity index (χ0) is 29.1. The van der Waals surface area contributed by atoms with E-state index in [4.69, 9.17) is 4.74 Å². The van der Waals surface area contributed by atoms with Crippen molar-refractivity contribution < 1.29 is 33.7 Å². The predicted molar refractivity (Wildman–Crippen MR) is 142 cm³/mol. The minimum Gasteiger partial charge on any atom is -0.454 e. The van der Waals surface area contributed by atoms with Crippen molar-refractivity contribution in [1.29, 1.82) is 0 Å². The Kier molecular flexibility index (Phi) is 11.2. The molecule has 0 aliphatic heterocycles. The van der Waals surface area contributed by atoms with Gasteiger partial charge >= 0.3 is 17.6 Å². The number of halogens is 1. The highest BCUT2D eigenvalue weighted by Gasteiger charge is 2.23. The van der Waals surface area contributed by atoms with Crippen LogP contribution in [0.1, 0.15) is 20.3 Å². The molecule has 0 saturated carbocycles. The smallest absolute Gasteiger partial charge is 0.349 e. The Hall–Kier alpha value is -4.73. The van der Waals surface area contributed by atoms with Crippen LogP contribution in [0.25, 0.3) is 0 Å². The zero-order valence-corrected chi connectivity index (χ0v) is 22.4. The molecule has 0 aliphatic carbocycles. The van der Waals surface area contributed by atoms with Gasteiger partial charge in [-0.1, -0.05) is 6.58 Å². The van der Waals surface area contributed by atoms with Gasteiger partial charge in [0.05, 0.1) is 38.8 Å². The number of esters is 2. The highest BCUT2D eigenvalue weighted by Crippen LogP contribution is 2.40. The van der Waals surface area contributed by atoms with Gasteiger partial charge < -0.3 is 19.7 Å². The summed E-state index contributed by atoms with van der Waals surface area (Å²) < 4.78 is 9.31. The van der Waals surface area contributed by atoms with Crippen LogP contribution < -0.4 is 10.2 Å². The largest absolute Gasteiger partial charge is 0.454 e. The van der Waals surface area contributed by atoms with Crippen LogP contribution in [-0.2, 0) is 23.9 Å². The van der Waals surface area contributed by atoms with Crippen molar-refractivity contribution in [3.05, 3.63) is 67.9 Å². The van der Waals surface area contributed by atoms with E-state index in [1.165, 1.54) is 13.0 Å². The van der Waals surface area contributed by atoms with Gasteiger partial charge in [-0.15, -0.1) is 10.2 Å². The number of nitro benzene ring substituents is 2. The topological polar surface area (TPSA) is 196 Å². The van der Waals surface area contributed by atoms with Crippen molar-refractivity contribution in [2.45, 2.75) is 20.3 Å². The average Bonchev–Trinajstić information content (AvgIpc) is 2.87. The predicted octanol–water partition coefficient (Wildman–Crippen LogP) is 5.09. The number of carbonyl (C=O) groups is 3. The summed E-state index contributed by atoms with van der Waals surface area (Å²) in [6.45, 7) is 6.48. The number of nitrogens with zero attached hydrogens (tertiary/aromatic N) is 5. The van der Waals surface area contributed by atoms with Gasteiger partial charge in [-0.25, -0.2) is 4.79 Å². The molecule has 1 N–H and O–H groups in total. The van der Waals surface area contributed by atoms with Crippen molar-refractivity contribution >= 4 is 67.9 Å². The molecule has 0 saturated heterocycles. The summed E-state index contributed by atoms with van der Waals surface area (Å²) in [5, 5.41) is 33.1. The van der Waals surface area contributed by atoms with Gasteiger partial charge in [0.1, 0.15) is 5.69 Å². The minimum absolute atomic E-state index is 0.0216. The number of benzene rings is 2. The molecule has 16 heteroatoms. The number of nitrogens with one attached hydrogen (secondary N) is 1. The number of azo groups is 1. The van der Waals surface area contributed by atoms with Gasteiger partial charge in [-0.2, -0.15) is 0 Å². The summed E-state index contributed by atoms with van der Waals surface area (Å²) in [7, 11) is 0. The monoisotopic (exact) mass is 606 g/mol. The van der Waals surface area contributed by atoms with E-state index in [0.717, 1.165) is 18.4 Å². The van der Waals surface area contributed by atoms with E-state index in [1.807, 2.05) is 6.92 Å². The molecule has 206 valence electrons. The van der Waals surface area contributed by atoms with Crippen LogP contribution in [0.4, 0.5) is 34.1 Å². The van der Waals surface area contributed by atoms with Gasteiger partial charge in [0.2, 0.25) is 5.91 Å². The van der Waals surface area contributed by atoms with Crippen LogP contribution in [0.5, 0.6) is 0 Å². The number of hydrogen-bond donors (Lipinski definition) is 1. The second-order valence-electron chi connectivity index (χ2n) is 7.54. The lowest BCUT2D eigenvalue weighted by Crippen LogP contribution is -2.27. The summed E-state index contributed by atoms with van der Waals surface area (Å²) in [5.74, 6) is -1.82. The first-order valence-corrected chi connectivity index (χ1v) is 11.9. The molecule has 0 fully saturated rings. The summed E-state index contributed by atoms with van der Waals surface area (Å²) in [4.78, 5) is 57.8. The zero-order valence-electron chi connectivity index (χ0n) is 20.8. The molecule has 2 aromatic carbocycles.